The first-order chi connectivity index (χ1) is 9.47. The monoisotopic (exact) mass is 295 g/mol. The topological polar surface area (TPSA) is 12.0 Å². The fourth-order valence-corrected chi connectivity index (χ4v) is 2.18. The first-order valence-corrected chi connectivity index (χ1v) is 6.82. The van der Waals surface area contributed by atoms with E-state index in [4.69, 9.17) is 11.6 Å². The van der Waals surface area contributed by atoms with Gasteiger partial charge >= 0.3 is 0 Å². The molecule has 0 spiro atoms. The van der Waals surface area contributed by atoms with Crippen LogP contribution in [0, 0.1) is 11.6 Å². The van der Waals surface area contributed by atoms with Crippen LogP contribution in [-0.4, -0.2) is 0 Å². The smallest absolute Gasteiger partial charge is 0.150 e. The van der Waals surface area contributed by atoms with E-state index >= 15 is 0 Å². The third-order valence-electron chi connectivity index (χ3n) is 3.12. The summed E-state index contributed by atoms with van der Waals surface area (Å²) < 4.78 is 26.5. The summed E-state index contributed by atoms with van der Waals surface area (Å²) in [4.78, 5) is 0. The van der Waals surface area contributed by atoms with Crippen molar-refractivity contribution in [1.82, 2.24) is 0 Å². The Labute approximate surface area is 122 Å². The molecule has 106 valence electrons. The maximum absolute atomic E-state index is 13.6. The van der Waals surface area contributed by atoms with E-state index in [-0.39, 0.29) is 10.7 Å². The lowest BCUT2D eigenvalue weighted by Gasteiger charge is -2.11. The molecule has 2 aromatic carbocycles. The van der Waals surface area contributed by atoms with Crippen LogP contribution >= 0.6 is 11.6 Å². The summed E-state index contributed by atoms with van der Waals surface area (Å²) in [6, 6.07) is 9.97. The molecular weight excluding hydrogens is 280 g/mol. The number of nitrogens with one attached hydrogen (secondary N) is 1. The highest BCUT2D eigenvalue weighted by atomic mass is 35.5. The van der Waals surface area contributed by atoms with Crippen LogP contribution in [0.2, 0.25) is 5.02 Å². The van der Waals surface area contributed by atoms with Crippen LogP contribution < -0.4 is 5.32 Å². The van der Waals surface area contributed by atoms with Gasteiger partial charge in [-0.1, -0.05) is 49.7 Å². The Balaban J connectivity index is 2.09. The van der Waals surface area contributed by atoms with Gasteiger partial charge in [0.1, 0.15) is 5.82 Å². The predicted octanol–water partition coefficient (Wildman–Crippen LogP) is 5.35. The number of benzene rings is 2. The summed E-state index contributed by atoms with van der Waals surface area (Å²) in [7, 11) is 0. The van der Waals surface area contributed by atoms with Crippen LogP contribution in [0.15, 0.2) is 36.4 Å². The minimum Gasteiger partial charge on any atom is -0.377 e. The molecule has 0 aromatic heterocycles. The van der Waals surface area contributed by atoms with E-state index in [2.05, 4.69) is 19.2 Å². The highest BCUT2D eigenvalue weighted by molar-refractivity contribution is 6.33. The normalized spacial score (nSPS) is 10.9. The van der Waals surface area contributed by atoms with Gasteiger partial charge in [-0.3, -0.25) is 0 Å². The molecule has 1 nitrogen and oxygen atoms in total. The molecule has 0 aliphatic heterocycles. The van der Waals surface area contributed by atoms with Crippen molar-refractivity contribution in [3.05, 3.63) is 64.2 Å². The quantitative estimate of drug-likeness (QED) is 0.801. The molecule has 0 aliphatic rings. The average Bonchev–Trinajstić information content (AvgIpc) is 2.38. The zero-order valence-electron chi connectivity index (χ0n) is 11.4. The first-order valence-electron chi connectivity index (χ1n) is 6.44. The Hall–Kier alpha value is -1.61. The summed E-state index contributed by atoms with van der Waals surface area (Å²) in [5.41, 5.74) is 2.38. The Morgan fingerprint density at radius 3 is 2.30 bits per heavy atom. The molecule has 20 heavy (non-hydrogen) atoms. The minimum absolute atomic E-state index is 0.0429. The van der Waals surface area contributed by atoms with E-state index in [1.165, 1.54) is 5.56 Å². The first kappa shape index (κ1) is 14.8. The van der Waals surface area contributed by atoms with Crippen LogP contribution in [0.25, 0.3) is 0 Å². The Morgan fingerprint density at radius 2 is 1.75 bits per heavy atom. The van der Waals surface area contributed by atoms with Gasteiger partial charge in [0.05, 0.1) is 10.7 Å². The minimum atomic E-state index is -0.686. The second kappa shape index (κ2) is 6.23. The number of rotatable bonds is 4. The molecule has 0 bridgehead atoms. The van der Waals surface area contributed by atoms with Gasteiger partial charge in [0.2, 0.25) is 0 Å². The Bertz CT molecular complexity index is 571. The largest absolute Gasteiger partial charge is 0.377 e. The molecule has 0 radical (unpaired) electrons. The molecule has 0 atom stereocenters. The zero-order chi connectivity index (χ0) is 14.7. The molecule has 0 heterocycles. The maximum atomic E-state index is 13.6. The Morgan fingerprint density at radius 1 is 1.10 bits per heavy atom. The van der Waals surface area contributed by atoms with E-state index in [0.717, 1.165) is 17.7 Å². The van der Waals surface area contributed by atoms with Crippen molar-refractivity contribution in [1.29, 1.82) is 0 Å². The third-order valence-corrected chi connectivity index (χ3v) is 3.42. The van der Waals surface area contributed by atoms with E-state index in [0.29, 0.717) is 12.5 Å². The summed E-state index contributed by atoms with van der Waals surface area (Å²) in [5.74, 6) is -0.894. The Kier molecular flexibility index (Phi) is 4.61. The number of halogens is 3. The molecule has 4 heteroatoms. The molecule has 0 unspecified atom stereocenters. The molecule has 0 amide bonds. The third kappa shape index (κ3) is 3.48. The lowest BCUT2D eigenvalue weighted by Crippen LogP contribution is -2.03. The van der Waals surface area contributed by atoms with Crippen molar-refractivity contribution < 1.29 is 8.78 Å². The maximum Gasteiger partial charge on any atom is 0.150 e. The van der Waals surface area contributed by atoms with Gasteiger partial charge in [-0.2, -0.15) is 0 Å². The van der Waals surface area contributed by atoms with Crippen molar-refractivity contribution in [2.45, 2.75) is 26.3 Å². The molecule has 2 rings (SSSR count). The molecule has 0 aliphatic carbocycles. The summed E-state index contributed by atoms with van der Waals surface area (Å²) >= 11 is 5.83. The zero-order valence-corrected chi connectivity index (χ0v) is 12.1. The van der Waals surface area contributed by atoms with Gasteiger partial charge in [0.15, 0.2) is 5.82 Å². The molecule has 0 saturated carbocycles. The van der Waals surface area contributed by atoms with Crippen LogP contribution in [0.4, 0.5) is 14.5 Å². The predicted molar refractivity (Wildman–Crippen MR) is 79.2 cm³/mol. The summed E-state index contributed by atoms with van der Waals surface area (Å²) in [6.07, 6.45) is 0. The van der Waals surface area contributed by atoms with Crippen molar-refractivity contribution in [3.8, 4) is 0 Å². The number of anilines is 1. The van der Waals surface area contributed by atoms with Crippen LogP contribution in [-0.2, 0) is 6.54 Å². The van der Waals surface area contributed by atoms with Gasteiger partial charge in [0.25, 0.3) is 0 Å². The van der Waals surface area contributed by atoms with Crippen molar-refractivity contribution in [2.75, 3.05) is 5.32 Å². The molecular formula is C16H16ClF2N. The van der Waals surface area contributed by atoms with Gasteiger partial charge in [-0.15, -0.1) is 0 Å². The fourth-order valence-electron chi connectivity index (χ4n) is 1.92. The van der Waals surface area contributed by atoms with Gasteiger partial charge in [-0.25, -0.2) is 8.78 Å². The summed E-state index contributed by atoms with van der Waals surface area (Å²) in [5, 5.41) is 2.94. The van der Waals surface area contributed by atoms with E-state index in [1.54, 1.807) is 0 Å². The van der Waals surface area contributed by atoms with Crippen LogP contribution in [0.1, 0.15) is 30.9 Å². The highest BCUT2D eigenvalue weighted by Gasteiger charge is 2.09. The lowest BCUT2D eigenvalue weighted by molar-refractivity contribution is 0.585. The van der Waals surface area contributed by atoms with E-state index in [9.17, 15) is 8.78 Å². The number of hydrogen-bond acceptors (Lipinski definition) is 1. The van der Waals surface area contributed by atoms with E-state index in [1.807, 2.05) is 24.3 Å². The highest BCUT2D eigenvalue weighted by Crippen LogP contribution is 2.27. The second-order valence-corrected chi connectivity index (χ2v) is 5.40. The van der Waals surface area contributed by atoms with Gasteiger partial charge in [0, 0.05) is 12.6 Å². The van der Waals surface area contributed by atoms with Crippen molar-refractivity contribution >= 4 is 17.3 Å². The summed E-state index contributed by atoms with van der Waals surface area (Å²) in [6.45, 7) is 4.68. The van der Waals surface area contributed by atoms with Gasteiger partial charge in [-0.05, 0) is 23.1 Å². The number of hydrogen-bond donors (Lipinski definition) is 1. The average molecular weight is 296 g/mol. The van der Waals surface area contributed by atoms with Gasteiger partial charge < -0.3 is 5.32 Å². The molecule has 0 saturated heterocycles. The molecule has 1 N–H and O–H groups in total. The molecule has 0 fully saturated rings. The van der Waals surface area contributed by atoms with E-state index < -0.39 is 11.6 Å². The SMILES string of the molecule is CC(C)c1ccc(CNc2c(F)cc(F)cc2Cl)cc1. The molecule has 2 aromatic rings. The van der Waals surface area contributed by atoms with Crippen LogP contribution in [0.3, 0.4) is 0 Å². The van der Waals surface area contributed by atoms with Crippen molar-refractivity contribution in [2.24, 2.45) is 0 Å². The van der Waals surface area contributed by atoms with Crippen molar-refractivity contribution in [3.63, 3.8) is 0 Å². The van der Waals surface area contributed by atoms with Crippen LogP contribution in [0.5, 0.6) is 0 Å². The fraction of sp³-hybridized carbons (Fsp3) is 0.250. The second-order valence-electron chi connectivity index (χ2n) is 4.99. The lowest BCUT2D eigenvalue weighted by atomic mass is 10.0. The standard InChI is InChI=1S/C16H16ClF2N/c1-10(2)12-5-3-11(4-6-12)9-20-16-14(17)7-13(18)8-15(16)19/h3-8,10,20H,9H2,1-2H3.